The van der Waals surface area contributed by atoms with Gasteiger partial charge in [0.2, 0.25) is 0 Å². The molecule has 2 N–H and O–H groups in total. The first-order valence-electron chi connectivity index (χ1n) is 6.83. The summed E-state index contributed by atoms with van der Waals surface area (Å²) in [5.41, 5.74) is 1.42. The van der Waals surface area contributed by atoms with E-state index in [-0.39, 0.29) is 0 Å². The fraction of sp³-hybridized carbons (Fsp3) is 0.333. The molecule has 0 saturated heterocycles. The van der Waals surface area contributed by atoms with Gasteiger partial charge >= 0.3 is 6.03 Å². The van der Waals surface area contributed by atoms with Crippen LogP contribution in [0.3, 0.4) is 0 Å². The summed E-state index contributed by atoms with van der Waals surface area (Å²) >= 11 is 0. The Morgan fingerprint density at radius 2 is 1.91 bits per heavy atom. The average Bonchev–Trinajstić information content (AvgIpc) is 2.95. The molecular weight excluding hydrogens is 286 g/mol. The van der Waals surface area contributed by atoms with Gasteiger partial charge in [0.1, 0.15) is 17.3 Å². The number of carbonyl (C=O) groups is 1. The molecule has 0 aliphatic carbocycles. The normalized spacial score (nSPS) is 10.2. The number of nitrogens with zero attached hydrogens (tertiary/aromatic N) is 1. The standard InChI is InChI=1S/C15H19N3O4/c1-5-10-7-14(18-22-10)17-15(19)16-11-6-9(2)12(20-3)8-13(11)21-4/h6-8H,5H2,1-4H3,(H2,16,17,18,19). The Balaban J connectivity index is 2.12. The lowest BCUT2D eigenvalue weighted by Gasteiger charge is -2.13. The smallest absolute Gasteiger partial charge is 0.325 e. The van der Waals surface area contributed by atoms with E-state index < -0.39 is 6.03 Å². The maximum atomic E-state index is 12.0. The van der Waals surface area contributed by atoms with Crippen LogP contribution in [-0.2, 0) is 6.42 Å². The van der Waals surface area contributed by atoms with E-state index in [2.05, 4.69) is 15.8 Å². The number of methoxy groups -OCH3 is 2. The Morgan fingerprint density at radius 3 is 2.50 bits per heavy atom. The van der Waals surface area contributed by atoms with Gasteiger partial charge in [-0.15, -0.1) is 0 Å². The van der Waals surface area contributed by atoms with E-state index in [4.69, 9.17) is 14.0 Å². The van der Waals surface area contributed by atoms with Gasteiger partial charge in [0, 0.05) is 18.6 Å². The third-order valence-corrected chi connectivity index (χ3v) is 3.11. The first kappa shape index (κ1) is 15.7. The number of aryl methyl sites for hydroxylation is 2. The van der Waals surface area contributed by atoms with Crippen molar-refractivity contribution in [3.8, 4) is 11.5 Å². The zero-order chi connectivity index (χ0) is 16.1. The number of rotatable bonds is 5. The molecule has 2 aromatic rings. The van der Waals surface area contributed by atoms with Crippen LogP contribution in [0.2, 0.25) is 0 Å². The van der Waals surface area contributed by atoms with Gasteiger partial charge in [-0.05, 0) is 18.6 Å². The number of urea groups is 1. The Morgan fingerprint density at radius 1 is 1.18 bits per heavy atom. The molecule has 0 radical (unpaired) electrons. The van der Waals surface area contributed by atoms with Crippen molar-refractivity contribution >= 4 is 17.5 Å². The van der Waals surface area contributed by atoms with E-state index in [0.717, 1.165) is 5.56 Å². The fourth-order valence-corrected chi connectivity index (χ4v) is 1.96. The van der Waals surface area contributed by atoms with Gasteiger partial charge in [0.15, 0.2) is 5.82 Å². The number of aromatic nitrogens is 1. The fourth-order valence-electron chi connectivity index (χ4n) is 1.96. The predicted octanol–water partition coefficient (Wildman–Crippen LogP) is 3.21. The van der Waals surface area contributed by atoms with Crippen molar-refractivity contribution in [2.45, 2.75) is 20.3 Å². The van der Waals surface area contributed by atoms with Crippen LogP contribution in [0.4, 0.5) is 16.3 Å². The molecule has 0 fully saturated rings. The van der Waals surface area contributed by atoms with E-state index in [0.29, 0.717) is 35.2 Å². The highest BCUT2D eigenvalue weighted by molar-refractivity contribution is 6.00. The Labute approximate surface area is 128 Å². The summed E-state index contributed by atoms with van der Waals surface area (Å²) in [6.45, 7) is 3.82. The average molecular weight is 305 g/mol. The van der Waals surface area contributed by atoms with Crippen LogP contribution in [-0.4, -0.2) is 25.4 Å². The number of amides is 2. The second kappa shape index (κ2) is 6.84. The van der Waals surface area contributed by atoms with E-state index in [9.17, 15) is 4.79 Å². The lowest BCUT2D eigenvalue weighted by Crippen LogP contribution is -2.20. The van der Waals surface area contributed by atoms with Crippen molar-refractivity contribution in [2.24, 2.45) is 0 Å². The summed E-state index contributed by atoms with van der Waals surface area (Å²) in [7, 11) is 3.11. The lowest BCUT2D eigenvalue weighted by atomic mass is 10.2. The molecule has 0 bridgehead atoms. The molecule has 2 rings (SSSR count). The number of hydrogen-bond donors (Lipinski definition) is 2. The van der Waals surface area contributed by atoms with E-state index >= 15 is 0 Å². The van der Waals surface area contributed by atoms with Crippen LogP contribution in [0, 0.1) is 6.92 Å². The molecule has 2 amide bonds. The van der Waals surface area contributed by atoms with Crippen LogP contribution >= 0.6 is 0 Å². The molecule has 0 aliphatic heterocycles. The SMILES string of the molecule is CCc1cc(NC(=O)Nc2cc(C)c(OC)cc2OC)no1. The minimum absolute atomic E-state index is 0.360. The van der Waals surface area contributed by atoms with Gasteiger partial charge in [-0.2, -0.15) is 0 Å². The number of benzene rings is 1. The van der Waals surface area contributed by atoms with Gasteiger partial charge in [0.25, 0.3) is 0 Å². The second-order valence-electron chi connectivity index (χ2n) is 4.63. The zero-order valence-corrected chi connectivity index (χ0v) is 13.0. The first-order chi connectivity index (χ1) is 10.6. The summed E-state index contributed by atoms with van der Waals surface area (Å²) in [6.07, 6.45) is 0.710. The maximum Gasteiger partial charge on any atom is 0.325 e. The topological polar surface area (TPSA) is 85.6 Å². The summed E-state index contributed by atoms with van der Waals surface area (Å²) in [4.78, 5) is 12.0. The maximum absolute atomic E-state index is 12.0. The molecule has 7 heteroatoms. The molecule has 1 aromatic heterocycles. The van der Waals surface area contributed by atoms with Crippen LogP contribution < -0.4 is 20.1 Å². The molecule has 1 aromatic carbocycles. The summed E-state index contributed by atoms with van der Waals surface area (Å²) in [6, 6.07) is 4.74. The number of hydrogen-bond acceptors (Lipinski definition) is 5. The van der Waals surface area contributed by atoms with Crippen molar-refractivity contribution in [2.75, 3.05) is 24.9 Å². The molecule has 0 unspecified atom stereocenters. The third-order valence-electron chi connectivity index (χ3n) is 3.11. The summed E-state index contributed by atoms with van der Waals surface area (Å²) in [5, 5.41) is 9.08. The molecule has 0 saturated carbocycles. The molecule has 0 spiro atoms. The second-order valence-corrected chi connectivity index (χ2v) is 4.63. The summed E-state index contributed by atoms with van der Waals surface area (Å²) in [5.74, 6) is 2.26. The highest BCUT2D eigenvalue weighted by Gasteiger charge is 2.13. The number of carbonyl (C=O) groups excluding carboxylic acids is 1. The van der Waals surface area contributed by atoms with Crippen molar-refractivity contribution in [1.29, 1.82) is 0 Å². The van der Waals surface area contributed by atoms with Crippen molar-refractivity contribution in [3.05, 3.63) is 29.5 Å². The third kappa shape index (κ3) is 3.49. The van der Waals surface area contributed by atoms with Gasteiger partial charge in [0.05, 0.1) is 19.9 Å². The Hall–Kier alpha value is -2.70. The first-order valence-corrected chi connectivity index (χ1v) is 6.83. The van der Waals surface area contributed by atoms with E-state index in [1.165, 1.54) is 7.11 Å². The minimum atomic E-state index is -0.432. The van der Waals surface area contributed by atoms with Crippen molar-refractivity contribution in [1.82, 2.24) is 5.16 Å². The lowest BCUT2D eigenvalue weighted by molar-refractivity contribution is 0.261. The molecule has 0 aliphatic rings. The highest BCUT2D eigenvalue weighted by Crippen LogP contribution is 2.32. The van der Waals surface area contributed by atoms with Crippen LogP contribution in [0.5, 0.6) is 11.5 Å². The monoisotopic (exact) mass is 305 g/mol. The number of ether oxygens (including phenoxy) is 2. The molecule has 1 heterocycles. The Kier molecular flexibility index (Phi) is 4.88. The van der Waals surface area contributed by atoms with E-state index in [1.54, 1.807) is 25.3 Å². The molecule has 7 nitrogen and oxygen atoms in total. The van der Waals surface area contributed by atoms with Crippen LogP contribution in [0.25, 0.3) is 0 Å². The Bertz CT molecular complexity index is 667. The van der Waals surface area contributed by atoms with Gasteiger partial charge in [-0.1, -0.05) is 12.1 Å². The largest absolute Gasteiger partial charge is 0.496 e. The number of nitrogens with one attached hydrogen (secondary N) is 2. The molecule has 118 valence electrons. The molecule has 22 heavy (non-hydrogen) atoms. The quantitative estimate of drug-likeness (QED) is 0.886. The van der Waals surface area contributed by atoms with Crippen molar-refractivity contribution < 1.29 is 18.8 Å². The minimum Gasteiger partial charge on any atom is -0.496 e. The van der Waals surface area contributed by atoms with Crippen LogP contribution in [0.15, 0.2) is 22.7 Å². The van der Waals surface area contributed by atoms with Crippen LogP contribution in [0.1, 0.15) is 18.2 Å². The van der Waals surface area contributed by atoms with Crippen molar-refractivity contribution in [3.63, 3.8) is 0 Å². The van der Waals surface area contributed by atoms with E-state index in [1.807, 2.05) is 13.8 Å². The molecular formula is C15H19N3O4. The zero-order valence-electron chi connectivity index (χ0n) is 13.0. The van der Waals surface area contributed by atoms with Gasteiger partial charge in [-0.25, -0.2) is 4.79 Å². The van der Waals surface area contributed by atoms with Gasteiger partial charge in [-0.3, -0.25) is 5.32 Å². The summed E-state index contributed by atoms with van der Waals surface area (Å²) < 4.78 is 15.5. The number of anilines is 2. The van der Waals surface area contributed by atoms with Gasteiger partial charge < -0.3 is 19.3 Å². The molecule has 0 atom stereocenters. The highest BCUT2D eigenvalue weighted by atomic mass is 16.5. The predicted molar refractivity (Wildman–Crippen MR) is 82.8 cm³/mol.